The monoisotopic (exact) mass is 368 g/mol. The van der Waals surface area contributed by atoms with Crippen molar-refractivity contribution < 1.29 is 13.9 Å². The molecule has 5 nitrogen and oxygen atoms in total. The molecule has 1 heterocycles. The summed E-state index contributed by atoms with van der Waals surface area (Å²) in [5.74, 6) is 1.97. The molecule has 0 radical (unpaired) electrons. The second-order valence-corrected chi connectivity index (χ2v) is 6.65. The van der Waals surface area contributed by atoms with Crippen molar-refractivity contribution >= 4 is 17.5 Å². The van der Waals surface area contributed by atoms with Crippen molar-refractivity contribution in [2.45, 2.75) is 31.2 Å². The molecule has 0 fully saturated rings. The standard InChI is InChI=1S/C20H20N2O3S/c1-3-24-18-10-9-16(14(2)23)12-17(18)13-26-20-22-21-19(25-20)11-15-7-5-4-6-8-15/h4-10,12H,3,11,13H2,1-2H3. The third-order valence-corrected chi connectivity index (χ3v) is 4.63. The maximum absolute atomic E-state index is 11.6. The summed E-state index contributed by atoms with van der Waals surface area (Å²) in [6, 6.07) is 15.5. The van der Waals surface area contributed by atoms with E-state index in [2.05, 4.69) is 10.2 Å². The van der Waals surface area contributed by atoms with Crippen LogP contribution in [-0.2, 0) is 12.2 Å². The second kappa shape index (κ2) is 8.67. The summed E-state index contributed by atoms with van der Waals surface area (Å²) in [5, 5.41) is 8.71. The van der Waals surface area contributed by atoms with Crippen LogP contribution in [-0.4, -0.2) is 22.6 Å². The predicted molar refractivity (Wildman–Crippen MR) is 101 cm³/mol. The Balaban J connectivity index is 1.69. The molecule has 6 heteroatoms. The van der Waals surface area contributed by atoms with Crippen LogP contribution in [0.2, 0.25) is 0 Å². The van der Waals surface area contributed by atoms with Crippen LogP contribution in [0.5, 0.6) is 5.75 Å². The average molecular weight is 368 g/mol. The minimum Gasteiger partial charge on any atom is -0.494 e. The number of carbonyl (C=O) groups is 1. The van der Waals surface area contributed by atoms with Gasteiger partial charge in [0.05, 0.1) is 13.0 Å². The summed E-state index contributed by atoms with van der Waals surface area (Å²) >= 11 is 1.43. The highest BCUT2D eigenvalue weighted by atomic mass is 32.2. The number of rotatable bonds is 8. The van der Waals surface area contributed by atoms with Crippen LogP contribution in [0.3, 0.4) is 0 Å². The smallest absolute Gasteiger partial charge is 0.276 e. The van der Waals surface area contributed by atoms with Gasteiger partial charge in [0.25, 0.3) is 5.22 Å². The van der Waals surface area contributed by atoms with Crippen LogP contribution in [0.15, 0.2) is 58.2 Å². The highest BCUT2D eigenvalue weighted by Crippen LogP contribution is 2.29. The number of ether oxygens (including phenoxy) is 1. The van der Waals surface area contributed by atoms with Gasteiger partial charge in [-0.05, 0) is 37.6 Å². The molecule has 0 saturated carbocycles. The zero-order valence-electron chi connectivity index (χ0n) is 14.8. The Morgan fingerprint density at radius 3 is 2.69 bits per heavy atom. The predicted octanol–water partition coefficient (Wildman–Crippen LogP) is 4.55. The molecular formula is C20H20N2O3S. The number of thioether (sulfide) groups is 1. The van der Waals surface area contributed by atoms with Crippen LogP contribution >= 0.6 is 11.8 Å². The maximum atomic E-state index is 11.6. The Labute approximate surface area is 156 Å². The molecule has 3 rings (SSSR count). The van der Waals surface area contributed by atoms with Gasteiger partial charge in [0.2, 0.25) is 5.89 Å². The fourth-order valence-electron chi connectivity index (χ4n) is 2.49. The van der Waals surface area contributed by atoms with Crippen LogP contribution < -0.4 is 4.74 Å². The van der Waals surface area contributed by atoms with Gasteiger partial charge in [0.1, 0.15) is 5.75 Å². The summed E-state index contributed by atoms with van der Waals surface area (Å²) in [4.78, 5) is 11.6. The molecule has 134 valence electrons. The van der Waals surface area contributed by atoms with E-state index >= 15 is 0 Å². The highest BCUT2D eigenvalue weighted by molar-refractivity contribution is 7.98. The molecule has 0 aliphatic carbocycles. The SMILES string of the molecule is CCOc1ccc(C(C)=O)cc1CSc1nnc(Cc2ccccc2)o1. The first-order valence-corrected chi connectivity index (χ1v) is 9.40. The molecule has 3 aromatic rings. The van der Waals surface area contributed by atoms with E-state index < -0.39 is 0 Å². The first-order chi connectivity index (χ1) is 12.7. The topological polar surface area (TPSA) is 65.2 Å². The number of benzene rings is 2. The van der Waals surface area contributed by atoms with Crippen molar-refractivity contribution in [3.63, 3.8) is 0 Å². The Morgan fingerprint density at radius 2 is 1.96 bits per heavy atom. The highest BCUT2D eigenvalue weighted by Gasteiger charge is 2.12. The third-order valence-electron chi connectivity index (χ3n) is 3.76. The first kappa shape index (κ1) is 18.2. The second-order valence-electron chi connectivity index (χ2n) is 5.72. The van der Waals surface area contributed by atoms with Gasteiger partial charge in [0, 0.05) is 16.9 Å². The molecule has 0 aliphatic rings. The Kier molecular flexibility index (Phi) is 6.07. The van der Waals surface area contributed by atoms with Crippen LogP contribution in [0.1, 0.15) is 41.2 Å². The lowest BCUT2D eigenvalue weighted by atomic mass is 10.1. The number of nitrogens with zero attached hydrogens (tertiary/aromatic N) is 2. The van der Waals surface area contributed by atoms with Gasteiger partial charge in [-0.2, -0.15) is 0 Å². The summed E-state index contributed by atoms with van der Waals surface area (Å²) in [7, 11) is 0. The summed E-state index contributed by atoms with van der Waals surface area (Å²) < 4.78 is 11.4. The maximum Gasteiger partial charge on any atom is 0.276 e. The summed E-state index contributed by atoms with van der Waals surface area (Å²) in [6.45, 7) is 4.06. The van der Waals surface area contributed by atoms with E-state index in [0.29, 0.717) is 35.5 Å². The number of carbonyl (C=O) groups excluding carboxylic acids is 1. The Morgan fingerprint density at radius 1 is 1.15 bits per heavy atom. The molecule has 0 N–H and O–H groups in total. The van der Waals surface area contributed by atoms with Gasteiger partial charge in [-0.15, -0.1) is 10.2 Å². The molecule has 0 unspecified atom stereocenters. The first-order valence-electron chi connectivity index (χ1n) is 8.41. The van der Waals surface area contributed by atoms with Crippen molar-refractivity contribution in [2.24, 2.45) is 0 Å². The largest absolute Gasteiger partial charge is 0.494 e. The average Bonchev–Trinajstić information content (AvgIpc) is 3.09. The number of ketones is 1. The molecule has 26 heavy (non-hydrogen) atoms. The summed E-state index contributed by atoms with van der Waals surface area (Å²) in [5.41, 5.74) is 2.73. The van der Waals surface area contributed by atoms with E-state index in [0.717, 1.165) is 16.9 Å². The lowest BCUT2D eigenvalue weighted by Gasteiger charge is -2.10. The van der Waals surface area contributed by atoms with Crippen molar-refractivity contribution in [1.82, 2.24) is 10.2 Å². The molecule has 2 aromatic carbocycles. The lowest BCUT2D eigenvalue weighted by Crippen LogP contribution is -1.99. The van der Waals surface area contributed by atoms with Crippen molar-refractivity contribution in [3.8, 4) is 5.75 Å². The van der Waals surface area contributed by atoms with Crippen molar-refractivity contribution in [1.29, 1.82) is 0 Å². The van der Waals surface area contributed by atoms with Crippen LogP contribution in [0.25, 0.3) is 0 Å². The molecule has 0 saturated heterocycles. The van der Waals surface area contributed by atoms with Crippen molar-refractivity contribution in [3.05, 3.63) is 71.1 Å². The third kappa shape index (κ3) is 4.73. The van der Waals surface area contributed by atoms with Gasteiger partial charge < -0.3 is 9.15 Å². The molecule has 0 atom stereocenters. The quantitative estimate of drug-likeness (QED) is 0.429. The lowest BCUT2D eigenvalue weighted by molar-refractivity contribution is 0.101. The van der Waals surface area contributed by atoms with Gasteiger partial charge in [0.15, 0.2) is 5.78 Å². The Hall–Kier alpha value is -2.60. The minimum absolute atomic E-state index is 0.0298. The normalized spacial score (nSPS) is 10.7. The molecule has 0 aliphatic heterocycles. The van der Waals surface area contributed by atoms with E-state index in [1.165, 1.54) is 11.8 Å². The van der Waals surface area contributed by atoms with Gasteiger partial charge in [-0.1, -0.05) is 42.1 Å². The van der Waals surface area contributed by atoms with E-state index in [-0.39, 0.29) is 5.78 Å². The number of aromatic nitrogens is 2. The van der Waals surface area contributed by atoms with Gasteiger partial charge in [-0.25, -0.2) is 0 Å². The number of hydrogen-bond donors (Lipinski definition) is 0. The van der Waals surface area contributed by atoms with E-state index in [4.69, 9.17) is 9.15 Å². The molecule has 0 amide bonds. The van der Waals surface area contributed by atoms with Gasteiger partial charge >= 0.3 is 0 Å². The van der Waals surface area contributed by atoms with Gasteiger partial charge in [-0.3, -0.25) is 4.79 Å². The zero-order valence-corrected chi connectivity index (χ0v) is 15.6. The van der Waals surface area contributed by atoms with E-state index in [9.17, 15) is 4.79 Å². The van der Waals surface area contributed by atoms with E-state index in [1.54, 1.807) is 13.0 Å². The minimum atomic E-state index is 0.0298. The molecule has 0 bridgehead atoms. The number of Topliss-reactive ketones (excluding diaryl/α,β-unsaturated/α-hetero) is 1. The van der Waals surface area contributed by atoms with Crippen molar-refractivity contribution in [2.75, 3.05) is 6.61 Å². The molecule has 0 spiro atoms. The molecule has 1 aromatic heterocycles. The fourth-order valence-corrected chi connectivity index (χ4v) is 3.24. The van der Waals surface area contributed by atoms with Crippen LogP contribution in [0.4, 0.5) is 0 Å². The number of hydrogen-bond acceptors (Lipinski definition) is 6. The summed E-state index contributed by atoms with van der Waals surface area (Å²) in [6.07, 6.45) is 0.610. The fraction of sp³-hybridized carbons (Fsp3) is 0.250. The van der Waals surface area contributed by atoms with Crippen LogP contribution in [0, 0.1) is 0 Å². The zero-order chi connectivity index (χ0) is 18.4. The molecular weight excluding hydrogens is 348 g/mol. The van der Waals surface area contributed by atoms with E-state index in [1.807, 2.05) is 49.4 Å². The Bertz CT molecular complexity index is 878.